The Labute approximate surface area is 232 Å². The molecule has 1 aliphatic rings. The summed E-state index contributed by atoms with van der Waals surface area (Å²) in [5, 5.41) is 3.30. The third-order valence-electron chi connectivity index (χ3n) is 6.81. The molecule has 0 saturated heterocycles. The lowest BCUT2D eigenvalue weighted by molar-refractivity contribution is -0.147. The molecule has 7 heteroatoms. The second kappa shape index (κ2) is 12.0. The predicted octanol–water partition coefficient (Wildman–Crippen LogP) is 6.54. The van der Waals surface area contributed by atoms with Crippen LogP contribution in [0.5, 0.6) is 5.75 Å². The molecule has 0 aliphatic heterocycles. The van der Waals surface area contributed by atoms with Crippen LogP contribution in [-0.2, 0) is 27.3 Å². The SMILES string of the molecule is COc1ccc(COC(=O)[C@H](Cc2ccc(Cl)cc2)NC(=O)OCC2c3ccccc3-c3ccccc32)cc1. The summed E-state index contributed by atoms with van der Waals surface area (Å²) in [6.07, 6.45) is -0.458. The van der Waals surface area contributed by atoms with Crippen LogP contribution >= 0.6 is 11.6 Å². The number of amides is 1. The maximum atomic E-state index is 13.1. The fourth-order valence-corrected chi connectivity index (χ4v) is 4.93. The first-order chi connectivity index (χ1) is 19.0. The molecule has 1 amide bonds. The van der Waals surface area contributed by atoms with Crippen molar-refractivity contribution in [3.63, 3.8) is 0 Å². The summed E-state index contributed by atoms with van der Waals surface area (Å²) in [5.41, 5.74) is 6.14. The van der Waals surface area contributed by atoms with Gasteiger partial charge < -0.3 is 19.5 Å². The molecule has 0 spiro atoms. The molecular weight excluding hydrogens is 514 g/mol. The smallest absolute Gasteiger partial charge is 0.407 e. The molecule has 0 fully saturated rings. The summed E-state index contributed by atoms with van der Waals surface area (Å²) in [7, 11) is 1.59. The number of rotatable bonds is 9. The van der Waals surface area contributed by atoms with Gasteiger partial charge in [0.15, 0.2) is 0 Å². The minimum Gasteiger partial charge on any atom is -0.497 e. The average molecular weight is 542 g/mol. The van der Waals surface area contributed by atoms with Crippen molar-refractivity contribution in [2.75, 3.05) is 13.7 Å². The van der Waals surface area contributed by atoms with E-state index in [0.717, 1.165) is 33.4 Å². The summed E-state index contributed by atoms with van der Waals surface area (Å²) in [6, 6.07) is 29.6. The molecule has 198 valence electrons. The van der Waals surface area contributed by atoms with Crippen molar-refractivity contribution < 1.29 is 23.8 Å². The number of esters is 1. The number of carbonyl (C=O) groups is 2. The third kappa shape index (κ3) is 6.24. The molecule has 1 aliphatic carbocycles. The van der Waals surface area contributed by atoms with Crippen molar-refractivity contribution in [2.45, 2.75) is 25.0 Å². The standard InChI is InChI=1S/C32H28ClNO5/c1-37-24-16-12-22(13-17-24)19-38-31(35)30(18-21-10-14-23(33)15-11-21)34-32(36)39-20-29-27-8-4-2-6-25(27)26-7-3-5-9-28(26)29/h2-17,29-30H,18-20H2,1H3,(H,34,36)/t30-/m0/s1. The van der Waals surface area contributed by atoms with Crippen molar-refractivity contribution in [1.29, 1.82) is 0 Å². The van der Waals surface area contributed by atoms with Crippen molar-refractivity contribution in [3.05, 3.63) is 124 Å². The third-order valence-corrected chi connectivity index (χ3v) is 7.07. The van der Waals surface area contributed by atoms with Crippen LogP contribution in [0, 0.1) is 0 Å². The van der Waals surface area contributed by atoms with Crippen LogP contribution in [-0.4, -0.2) is 31.8 Å². The molecule has 6 nitrogen and oxygen atoms in total. The van der Waals surface area contributed by atoms with Crippen molar-refractivity contribution >= 4 is 23.7 Å². The molecule has 0 saturated carbocycles. The van der Waals surface area contributed by atoms with Crippen LogP contribution in [0.15, 0.2) is 97.1 Å². The fourth-order valence-electron chi connectivity index (χ4n) is 4.81. The van der Waals surface area contributed by atoms with Crippen LogP contribution in [0.2, 0.25) is 5.02 Å². The van der Waals surface area contributed by atoms with Crippen LogP contribution < -0.4 is 10.1 Å². The highest BCUT2D eigenvalue weighted by Gasteiger charge is 2.30. The quantitative estimate of drug-likeness (QED) is 0.243. The average Bonchev–Trinajstić information content (AvgIpc) is 3.29. The topological polar surface area (TPSA) is 73.9 Å². The minimum absolute atomic E-state index is 0.0618. The first kappa shape index (κ1) is 26.3. The molecule has 0 radical (unpaired) electrons. The van der Waals surface area contributed by atoms with Gasteiger partial charge in [0.2, 0.25) is 0 Å². The van der Waals surface area contributed by atoms with E-state index < -0.39 is 18.1 Å². The molecule has 5 rings (SSSR count). The zero-order valence-electron chi connectivity index (χ0n) is 21.4. The molecule has 39 heavy (non-hydrogen) atoms. The van der Waals surface area contributed by atoms with E-state index in [4.69, 9.17) is 25.8 Å². The van der Waals surface area contributed by atoms with Crippen molar-refractivity contribution in [3.8, 4) is 16.9 Å². The number of hydrogen-bond acceptors (Lipinski definition) is 5. The normalized spacial score (nSPS) is 12.7. The van der Waals surface area contributed by atoms with E-state index in [1.807, 2.05) is 48.5 Å². The summed E-state index contributed by atoms with van der Waals surface area (Å²) >= 11 is 6.02. The fraction of sp³-hybridized carbons (Fsp3) is 0.188. The molecule has 0 bridgehead atoms. The van der Waals surface area contributed by atoms with Crippen molar-refractivity contribution in [2.24, 2.45) is 0 Å². The first-order valence-electron chi connectivity index (χ1n) is 12.7. The monoisotopic (exact) mass is 541 g/mol. The van der Waals surface area contributed by atoms with Gasteiger partial charge in [0.25, 0.3) is 0 Å². The van der Waals surface area contributed by atoms with Gasteiger partial charge in [0, 0.05) is 17.4 Å². The van der Waals surface area contributed by atoms with Gasteiger partial charge in [0.05, 0.1) is 7.11 Å². The highest BCUT2D eigenvalue weighted by Crippen LogP contribution is 2.44. The number of hydrogen-bond donors (Lipinski definition) is 1. The summed E-state index contributed by atoms with van der Waals surface area (Å²) in [5.74, 6) is 0.0665. The number of halogens is 1. The van der Waals surface area contributed by atoms with E-state index in [0.29, 0.717) is 10.8 Å². The van der Waals surface area contributed by atoms with Gasteiger partial charge in [-0.3, -0.25) is 0 Å². The van der Waals surface area contributed by atoms with E-state index in [-0.39, 0.29) is 25.6 Å². The number of ether oxygens (including phenoxy) is 3. The zero-order chi connectivity index (χ0) is 27.2. The summed E-state index contributed by atoms with van der Waals surface area (Å²) in [4.78, 5) is 26.0. The largest absolute Gasteiger partial charge is 0.497 e. The van der Waals surface area contributed by atoms with E-state index in [9.17, 15) is 9.59 Å². The molecule has 1 atom stereocenters. The number of nitrogens with one attached hydrogen (secondary N) is 1. The molecular formula is C32H28ClNO5. The lowest BCUT2D eigenvalue weighted by Gasteiger charge is -2.19. The van der Waals surface area contributed by atoms with Gasteiger partial charge in [-0.2, -0.15) is 0 Å². The highest BCUT2D eigenvalue weighted by atomic mass is 35.5. The Morgan fingerprint density at radius 1 is 0.795 bits per heavy atom. The van der Waals surface area contributed by atoms with E-state index in [2.05, 4.69) is 29.6 Å². The van der Waals surface area contributed by atoms with E-state index in [1.165, 1.54) is 0 Å². The minimum atomic E-state index is -0.944. The Balaban J connectivity index is 1.26. The Hall–Kier alpha value is -4.29. The predicted molar refractivity (Wildman–Crippen MR) is 150 cm³/mol. The van der Waals surface area contributed by atoms with Crippen LogP contribution in [0.25, 0.3) is 11.1 Å². The van der Waals surface area contributed by atoms with Crippen molar-refractivity contribution in [1.82, 2.24) is 5.32 Å². The Bertz CT molecular complexity index is 1410. The maximum Gasteiger partial charge on any atom is 0.407 e. The highest BCUT2D eigenvalue weighted by molar-refractivity contribution is 6.30. The molecule has 1 N–H and O–H groups in total. The van der Waals surface area contributed by atoms with Gasteiger partial charge in [-0.1, -0.05) is 84.4 Å². The second-order valence-electron chi connectivity index (χ2n) is 9.31. The van der Waals surface area contributed by atoms with Gasteiger partial charge in [-0.05, 0) is 57.6 Å². The summed E-state index contributed by atoms with van der Waals surface area (Å²) < 4.78 is 16.4. The second-order valence-corrected chi connectivity index (χ2v) is 9.75. The first-order valence-corrected chi connectivity index (χ1v) is 13.0. The van der Waals surface area contributed by atoms with E-state index >= 15 is 0 Å². The number of carbonyl (C=O) groups excluding carboxylic acids is 2. The Morgan fingerprint density at radius 3 is 2.00 bits per heavy atom. The number of fused-ring (bicyclic) bond motifs is 3. The van der Waals surface area contributed by atoms with E-state index in [1.54, 1.807) is 31.4 Å². The van der Waals surface area contributed by atoms with Crippen LogP contribution in [0.1, 0.15) is 28.2 Å². The Kier molecular flexibility index (Phi) is 8.13. The zero-order valence-corrected chi connectivity index (χ0v) is 22.2. The number of methoxy groups -OCH3 is 1. The van der Waals surface area contributed by atoms with Crippen LogP contribution in [0.3, 0.4) is 0 Å². The lowest BCUT2D eigenvalue weighted by Crippen LogP contribution is -2.43. The van der Waals surface area contributed by atoms with Gasteiger partial charge in [0.1, 0.15) is 25.0 Å². The molecule has 4 aromatic rings. The molecule has 0 aromatic heterocycles. The molecule has 0 unspecified atom stereocenters. The lowest BCUT2D eigenvalue weighted by atomic mass is 9.98. The van der Waals surface area contributed by atoms with Gasteiger partial charge in [-0.15, -0.1) is 0 Å². The van der Waals surface area contributed by atoms with Gasteiger partial charge in [-0.25, -0.2) is 9.59 Å². The number of benzene rings is 4. The number of alkyl carbamates (subject to hydrolysis) is 1. The molecule has 0 heterocycles. The molecule has 4 aromatic carbocycles. The van der Waals surface area contributed by atoms with Gasteiger partial charge >= 0.3 is 12.1 Å². The maximum absolute atomic E-state index is 13.1. The van der Waals surface area contributed by atoms with Crippen LogP contribution in [0.4, 0.5) is 4.79 Å². The Morgan fingerprint density at radius 2 is 1.38 bits per heavy atom. The summed E-state index contributed by atoms with van der Waals surface area (Å²) in [6.45, 7) is 0.209.